The van der Waals surface area contributed by atoms with Gasteiger partial charge < -0.3 is 9.80 Å². The molecule has 0 radical (unpaired) electrons. The van der Waals surface area contributed by atoms with Crippen LogP contribution in [0.25, 0.3) is 0 Å². The van der Waals surface area contributed by atoms with E-state index in [4.69, 9.17) is 5.26 Å². The van der Waals surface area contributed by atoms with E-state index in [9.17, 15) is 4.79 Å². The Morgan fingerprint density at radius 3 is 2.83 bits per heavy atom. The number of likely N-dealkylation sites (tertiary alicyclic amines) is 1. The molecule has 0 unspecified atom stereocenters. The van der Waals surface area contributed by atoms with Gasteiger partial charge in [0.25, 0.3) is 0 Å². The third-order valence-electron chi connectivity index (χ3n) is 5.93. The number of hydrogen-bond acceptors (Lipinski definition) is 4. The molecular formula is C19H24N4O. The lowest BCUT2D eigenvalue weighted by atomic mass is 9.87. The SMILES string of the molecule is N#Cc1ccc(N2CCC[C@@]3(CCC(=O)N3CC3CC3)CC2)nc1. The van der Waals surface area contributed by atoms with Crippen molar-refractivity contribution in [2.75, 3.05) is 24.5 Å². The monoisotopic (exact) mass is 324 g/mol. The molecule has 1 spiro atoms. The van der Waals surface area contributed by atoms with Crippen LogP contribution in [0.15, 0.2) is 18.3 Å². The van der Waals surface area contributed by atoms with Crippen molar-refractivity contribution in [3.05, 3.63) is 23.9 Å². The van der Waals surface area contributed by atoms with E-state index in [1.54, 1.807) is 6.20 Å². The third kappa shape index (κ3) is 2.86. The predicted octanol–water partition coefficient (Wildman–Crippen LogP) is 2.71. The van der Waals surface area contributed by atoms with E-state index in [0.717, 1.165) is 63.5 Å². The topological polar surface area (TPSA) is 60.2 Å². The van der Waals surface area contributed by atoms with Crippen LogP contribution in [0.3, 0.4) is 0 Å². The van der Waals surface area contributed by atoms with Gasteiger partial charge >= 0.3 is 0 Å². The molecule has 24 heavy (non-hydrogen) atoms. The molecule has 0 N–H and O–H groups in total. The van der Waals surface area contributed by atoms with Gasteiger partial charge in [0.2, 0.25) is 5.91 Å². The Morgan fingerprint density at radius 1 is 1.25 bits per heavy atom. The lowest BCUT2D eigenvalue weighted by molar-refractivity contribution is -0.131. The van der Waals surface area contributed by atoms with E-state index in [1.165, 1.54) is 12.8 Å². The number of nitriles is 1. The molecule has 1 amide bonds. The fourth-order valence-electron chi connectivity index (χ4n) is 4.30. The van der Waals surface area contributed by atoms with Crippen LogP contribution in [0.4, 0.5) is 5.82 Å². The molecule has 2 aliphatic heterocycles. The quantitative estimate of drug-likeness (QED) is 0.858. The fourth-order valence-corrected chi connectivity index (χ4v) is 4.30. The van der Waals surface area contributed by atoms with Gasteiger partial charge in [0, 0.05) is 37.8 Å². The molecule has 5 heteroatoms. The summed E-state index contributed by atoms with van der Waals surface area (Å²) in [5.41, 5.74) is 0.683. The van der Waals surface area contributed by atoms with Gasteiger partial charge in [0.1, 0.15) is 11.9 Å². The predicted molar refractivity (Wildman–Crippen MR) is 91.4 cm³/mol. The number of carbonyl (C=O) groups is 1. The summed E-state index contributed by atoms with van der Waals surface area (Å²) in [5, 5.41) is 8.91. The molecule has 1 aromatic rings. The standard InChI is InChI=1S/C19H24N4O/c20-12-16-4-5-17(21-13-16)22-10-1-7-19(9-11-22)8-6-18(24)23(19)14-15-2-3-15/h4-5,13,15H,1-3,6-11,14H2/t19-/m1/s1. The van der Waals surface area contributed by atoms with Crippen LogP contribution in [0, 0.1) is 17.2 Å². The van der Waals surface area contributed by atoms with Gasteiger partial charge in [-0.3, -0.25) is 4.79 Å². The van der Waals surface area contributed by atoms with E-state index in [2.05, 4.69) is 20.9 Å². The number of hydrogen-bond donors (Lipinski definition) is 0. The second-order valence-electron chi connectivity index (χ2n) is 7.53. The summed E-state index contributed by atoms with van der Waals surface area (Å²) in [4.78, 5) is 21.4. The number of aromatic nitrogens is 1. The average molecular weight is 324 g/mol. The molecule has 1 aromatic heterocycles. The first kappa shape index (κ1) is 15.4. The summed E-state index contributed by atoms with van der Waals surface area (Å²) in [6.07, 6.45) is 9.22. The molecule has 1 saturated carbocycles. The zero-order valence-corrected chi connectivity index (χ0v) is 14.1. The van der Waals surface area contributed by atoms with Crippen molar-refractivity contribution in [1.82, 2.24) is 9.88 Å². The minimum Gasteiger partial charge on any atom is -0.357 e. The van der Waals surface area contributed by atoms with Crippen LogP contribution in [0.1, 0.15) is 50.5 Å². The molecule has 5 nitrogen and oxygen atoms in total. The first-order valence-electron chi connectivity index (χ1n) is 9.12. The van der Waals surface area contributed by atoms with Crippen molar-refractivity contribution < 1.29 is 4.79 Å². The molecule has 126 valence electrons. The van der Waals surface area contributed by atoms with E-state index in [1.807, 2.05) is 12.1 Å². The number of nitrogens with zero attached hydrogens (tertiary/aromatic N) is 4. The van der Waals surface area contributed by atoms with Gasteiger partial charge in [-0.15, -0.1) is 0 Å². The van der Waals surface area contributed by atoms with Gasteiger partial charge in [-0.2, -0.15) is 5.26 Å². The van der Waals surface area contributed by atoms with Crippen LogP contribution >= 0.6 is 0 Å². The maximum Gasteiger partial charge on any atom is 0.223 e. The Kier molecular flexibility index (Phi) is 3.91. The molecule has 2 saturated heterocycles. The Labute approximate surface area is 143 Å². The minimum atomic E-state index is 0.0843. The molecule has 3 aliphatic rings. The van der Waals surface area contributed by atoms with Crippen LogP contribution in [0.5, 0.6) is 0 Å². The molecule has 1 atom stereocenters. The highest BCUT2D eigenvalue weighted by Crippen LogP contribution is 2.42. The van der Waals surface area contributed by atoms with Crippen LogP contribution in [-0.2, 0) is 4.79 Å². The lowest BCUT2D eigenvalue weighted by Crippen LogP contribution is -2.47. The van der Waals surface area contributed by atoms with E-state index in [-0.39, 0.29) is 5.54 Å². The summed E-state index contributed by atoms with van der Waals surface area (Å²) in [6.45, 7) is 2.90. The summed E-state index contributed by atoms with van der Waals surface area (Å²) in [7, 11) is 0. The highest BCUT2D eigenvalue weighted by Gasteiger charge is 2.47. The van der Waals surface area contributed by atoms with Gasteiger partial charge in [-0.25, -0.2) is 4.98 Å². The Morgan fingerprint density at radius 2 is 2.12 bits per heavy atom. The molecule has 3 fully saturated rings. The summed E-state index contributed by atoms with van der Waals surface area (Å²) < 4.78 is 0. The molecule has 1 aliphatic carbocycles. The van der Waals surface area contributed by atoms with Crippen LogP contribution in [0.2, 0.25) is 0 Å². The molecule has 4 rings (SSSR count). The van der Waals surface area contributed by atoms with Crippen molar-refractivity contribution in [2.45, 2.75) is 50.5 Å². The maximum absolute atomic E-state index is 12.4. The Bertz CT molecular complexity index is 661. The highest BCUT2D eigenvalue weighted by molar-refractivity contribution is 5.79. The minimum absolute atomic E-state index is 0.0843. The second-order valence-corrected chi connectivity index (χ2v) is 7.53. The number of pyridine rings is 1. The van der Waals surface area contributed by atoms with Crippen molar-refractivity contribution in [1.29, 1.82) is 5.26 Å². The summed E-state index contributed by atoms with van der Waals surface area (Å²) in [5.74, 6) is 2.07. The fraction of sp³-hybridized carbons (Fsp3) is 0.632. The smallest absolute Gasteiger partial charge is 0.223 e. The zero-order valence-electron chi connectivity index (χ0n) is 14.1. The molecular weight excluding hydrogens is 300 g/mol. The van der Waals surface area contributed by atoms with Crippen LogP contribution in [-0.4, -0.2) is 41.0 Å². The maximum atomic E-state index is 12.4. The van der Waals surface area contributed by atoms with Gasteiger partial charge in [-0.1, -0.05) is 0 Å². The molecule has 0 bridgehead atoms. The average Bonchev–Trinajstić information content (AvgIpc) is 3.40. The summed E-state index contributed by atoms with van der Waals surface area (Å²) in [6, 6.07) is 5.90. The molecule has 3 heterocycles. The van der Waals surface area contributed by atoms with Crippen LogP contribution < -0.4 is 4.90 Å². The lowest BCUT2D eigenvalue weighted by Gasteiger charge is -2.38. The van der Waals surface area contributed by atoms with E-state index >= 15 is 0 Å². The van der Waals surface area contributed by atoms with Gasteiger partial charge in [-0.05, 0) is 56.6 Å². The second kappa shape index (κ2) is 6.08. The Hall–Kier alpha value is -2.09. The van der Waals surface area contributed by atoms with E-state index < -0.39 is 0 Å². The normalized spacial score (nSPS) is 27.4. The zero-order chi connectivity index (χ0) is 16.6. The number of carbonyl (C=O) groups excluding carboxylic acids is 1. The van der Waals surface area contributed by atoms with Gasteiger partial charge in [0.05, 0.1) is 5.56 Å². The first-order valence-corrected chi connectivity index (χ1v) is 9.12. The number of anilines is 1. The largest absolute Gasteiger partial charge is 0.357 e. The van der Waals surface area contributed by atoms with E-state index in [0.29, 0.717) is 11.5 Å². The highest BCUT2D eigenvalue weighted by atomic mass is 16.2. The molecule has 0 aromatic carbocycles. The van der Waals surface area contributed by atoms with Crippen molar-refractivity contribution in [3.8, 4) is 6.07 Å². The van der Waals surface area contributed by atoms with Crippen molar-refractivity contribution in [2.24, 2.45) is 5.92 Å². The van der Waals surface area contributed by atoms with Crippen molar-refractivity contribution >= 4 is 11.7 Å². The third-order valence-corrected chi connectivity index (χ3v) is 5.93. The number of rotatable bonds is 3. The van der Waals surface area contributed by atoms with Crippen molar-refractivity contribution in [3.63, 3.8) is 0 Å². The summed E-state index contributed by atoms with van der Waals surface area (Å²) >= 11 is 0. The number of amides is 1. The Balaban J connectivity index is 1.48. The first-order chi connectivity index (χ1) is 11.7. The van der Waals surface area contributed by atoms with Gasteiger partial charge in [0.15, 0.2) is 0 Å².